The smallest absolute Gasteiger partial charge is 0.331 e. The first-order valence-corrected chi connectivity index (χ1v) is 6.44. The average Bonchev–Trinajstić information content (AvgIpc) is 2.37. The predicted octanol–water partition coefficient (Wildman–Crippen LogP) is 1.14. The minimum atomic E-state index is -1.14. The van der Waals surface area contributed by atoms with Crippen molar-refractivity contribution in [3.05, 3.63) is 33.7 Å². The summed E-state index contributed by atoms with van der Waals surface area (Å²) in [6.45, 7) is 5.20. The highest BCUT2D eigenvalue weighted by Gasteiger charge is 2.35. The Hall–Kier alpha value is -2.11. The molecule has 1 atom stereocenters. The first kappa shape index (κ1) is 15.9. The van der Waals surface area contributed by atoms with E-state index in [-0.39, 0.29) is 11.0 Å². The van der Waals surface area contributed by atoms with E-state index in [9.17, 15) is 14.4 Å². The number of carbonyl (C=O) groups excluding carboxylic acids is 2. The number of esters is 1. The van der Waals surface area contributed by atoms with E-state index in [4.69, 9.17) is 4.74 Å². The summed E-state index contributed by atoms with van der Waals surface area (Å²) in [5.74, 6) is -1.12. The van der Waals surface area contributed by atoms with E-state index in [1.807, 2.05) is 6.92 Å². The van der Waals surface area contributed by atoms with Crippen LogP contribution in [-0.2, 0) is 9.53 Å². The van der Waals surface area contributed by atoms with Crippen molar-refractivity contribution in [2.45, 2.75) is 39.2 Å². The fraction of sp³-hybridized carbons (Fsp3) is 0.500. The molecule has 0 aliphatic heterocycles. The maximum absolute atomic E-state index is 12.1. The van der Waals surface area contributed by atoms with Crippen LogP contribution in [0.3, 0.4) is 0 Å². The van der Waals surface area contributed by atoms with E-state index in [2.05, 4.69) is 10.3 Å². The summed E-state index contributed by atoms with van der Waals surface area (Å²) in [5, 5.41) is 2.59. The zero-order chi connectivity index (χ0) is 15.3. The minimum Gasteiger partial charge on any atom is -0.467 e. The average molecular weight is 280 g/mol. The summed E-state index contributed by atoms with van der Waals surface area (Å²) in [6, 6.07) is 1.34. The summed E-state index contributed by atoms with van der Waals surface area (Å²) in [5.41, 5.74) is -0.891. The number of H-pyrrole nitrogens is 1. The van der Waals surface area contributed by atoms with Crippen LogP contribution in [0.5, 0.6) is 0 Å². The second kappa shape index (κ2) is 6.36. The van der Waals surface area contributed by atoms with Gasteiger partial charge in [-0.25, -0.2) is 4.79 Å². The Morgan fingerprint density at radius 2 is 2.10 bits per heavy atom. The fourth-order valence-electron chi connectivity index (χ4n) is 2.01. The topological polar surface area (TPSA) is 88.3 Å². The number of hydrogen-bond acceptors (Lipinski definition) is 4. The number of pyridine rings is 1. The fourth-order valence-corrected chi connectivity index (χ4v) is 2.01. The third kappa shape index (κ3) is 3.46. The van der Waals surface area contributed by atoms with Crippen molar-refractivity contribution in [1.82, 2.24) is 10.3 Å². The Morgan fingerprint density at radius 1 is 1.45 bits per heavy atom. The quantitative estimate of drug-likeness (QED) is 0.792. The third-order valence-electron chi connectivity index (χ3n) is 3.08. The number of hydrogen-bond donors (Lipinski definition) is 2. The van der Waals surface area contributed by atoms with E-state index in [1.54, 1.807) is 13.8 Å². The third-order valence-corrected chi connectivity index (χ3v) is 3.08. The molecular formula is C14H20N2O4. The number of nitrogens with one attached hydrogen (secondary N) is 2. The second-order valence-electron chi connectivity index (χ2n) is 4.92. The van der Waals surface area contributed by atoms with Crippen molar-refractivity contribution in [2.24, 2.45) is 0 Å². The normalized spacial score (nSPS) is 13.4. The molecule has 6 heteroatoms. The number of aryl methyl sites for hydroxylation is 1. The zero-order valence-electron chi connectivity index (χ0n) is 12.2. The van der Waals surface area contributed by atoms with E-state index in [0.717, 1.165) is 0 Å². The maximum Gasteiger partial charge on any atom is 0.331 e. The van der Waals surface area contributed by atoms with E-state index in [1.165, 1.54) is 19.4 Å². The summed E-state index contributed by atoms with van der Waals surface area (Å²) >= 11 is 0. The molecule has 2 N–H and O–H groups in total. The van der Waals surface area contributed by atoms with E-state index >= 15 is 0 Å². The van der Waals surface area contributed by atoms with Crippen LogP contribution in [0, 0.1) is 6.92 Å². The van der Waals surface area contributed by atoms with Gasteiger partial charge in [-0.05, 0) is 20.3 Å². The SMILES string of the molecule is CCCC(C)(NC(=O)c1c[nH]c(C)cc1=O)C(=O)OC. The predicted molar refractivity (Wildman–Crippen MR) is 74.6 cm³/mol. The molecule has 1 rings (SSSR count). The van der Waals surface area contributed by atoms with Gasteiger partial charge in [-0.1, -0.05) is 13.3 Å². The van der Waals surface area contributed by atoms with Gasteiger partial charge in [0.25, 0.3) is 5.91 Å². The number of amides is 1. The van der Waals surface area contributed by atoms with E-state index in [0.29, 0.717) is 18.5 Å². The van der Waals surface area contributed by atoms with Crippen LogP contribution in [0.2, 0.25) is 0 Å². The Balaban J connectivity index is 3.02. The number of aromatic amines is 1. The molecule has 20 heavy (non-hydrogen) atoms. The summed E-state index contributed by atoms with van der Waals surface area (Å²) < 4.78 is 4.71. The lowest BCUT2D eigenvalue weighted by Gasteiger charge is -2.27. The standard InChI is InChI=1S/C14H20N2O4/c1-5-6-14(3,13(19)20-4)16-12(18)10-8-15-9(2)7-11(10)17/h7-8H,5-6H2,1-4H3,(H,15,17)(H,16,18). The lowest BCUT2D eigenvalue weighted by Crippen LogP contribution is -2.53. The molecule has 0 aliphatic carbocycles. The van der Waals surface area contributed by atoms with Crippen LogP contribution < -0.4 is 10.7 Å². The van der Waals surface area contributed by atoms with E-state index < -0.39 is 17.4 Å². The van der Waals surface area contributed by atoms with Crippen LogP contribution in [0.4, 0.5) is 0 Å². The first-order chi connectivity index (χ1) is 9.34. The first-order valence-electron chi connectivity index (χ1n) is 6.44. The van der Waals surface area contributed by atoms with Gasteiger partial charge in [0.1, 0.15) is 11.1 Å². The Bertz CT molecular complexity index is 565. The van der Waals surface area contributed by atoms with Crippen molar-refractivity contribution in [3.8, 4) is 0 Å². The summed E-state index contributed by atoms with van der Waals surface area (Å²) in [6.07, 6.45) is 2.46. The number of carbonyl (C=O) groups is 2. The molecule has 1 aromatic rings. The molecule has 1 aromatic heterocycles. The summed E-state index contributed by atoms with van der Waals surface area (Å²) in [4.78, 5) is 38.5. The molecule has 0 spiro atoms. The number of rotatable bonds is 5. The molecule has 110 valence electrons. The van der Waals surface area contributed by atoms with Crippen molar-refractivity contribution in [2.75, 3.05) is 7.11 Å². The van der Waals surface area contributed by atoms with Crippen molar-refractivity contribution < 1.29 is 14.3 Å². The molecule has 6 nitrogen and oxygen atoms in total. The Morgan fingerprint density at radius 3 is 2.60 bits per heavy atom. The Labute approximate surface area is 117 Å². The summed E-state index contributed by atoms with van der Waals surface area (Å²) in [7, 11) is 1.26. The number of methoxy groups -OCH3 is 1. The van der Waals surface area contributed by atoms with Gasteiger partial charge in [0.15, 0.2) is 5.43 Å². The van der Waals surface area contributed by atoms with Crippen LogP contribution in [0.25, 0.3) is 0 Å². The van der Waals surface area contributed by atoms with Crippen LogP contribution in [0.1, 0.15) is 42.7 Å². The lowest BCUT2D eigenvalue weighted by atomic mass is 9.95. The van der Waals surface area contributed by atoms with Gasteiger partial charge in [0, 0.05) is 18.0 Å². The Kier molecular flexibility index (Phi) is 5.07. The molecule has 0 saturated heterocycles. The monoisotopic (exact) mass is 280 g/mol. The molecule has 0 fully saturated rings. The minimum absolute atomic E-state index is 0.0261. The zero-order valence-corrected chi connectivity index (χ0v) is 12.2. The van der Waals surface area contributed by atoms with Crippen LogP contribution in [-0.4, -0.2) is 29.5 Å². The van der Waals surface area contributed by atoms with Gasteiger partial charge >= 0.3 is 5.97 Å². The molecule has 1 heterocycles. The van der Waals surface area contributed by atoms with Gasteiger partial charge in [-0.15, -0.1) is 0 Å². The highest BCUT2D eigenvalue weighted by atomic mass is 16.5. The molecule has 1 amide bonds. The molecule has 0 saturated carbocycles. The molecular weight excluding hydrogens is 260 g/mol. The van der Waals surface area contributed by atoms with Crippen LogP contribution in [0.15, 0.2) is 17.1 Å². The molecule has 0 radical (unpaired) electrons. The van der Waals surface area contributed by atoms with Crippen molar-refractivity contribution in [3.63, 3.8) is 0 Å². The molecule has 0 aromatic carbocycles. The second-order valence-corrected chi connectivity index (χ2v) is 4.92. The molecule has 1 unspecified atom stereocenters. The van der Waals surface area contributed by atoms with Gasteiger partial charge in [-0.2, -0.15) is 0 Å². The van der Waals surface area contributed by atoms with Gasteiger partial charge in [0.05, 0.1) is 7.11 Å². The number of ether oxygens (including phenoxy) is 1. The molecule has 0 aliphatic rings. The highest BCUT2D eigenvalue weighted by Crippen LogP contribution is 2.15. The molecule has 0 bridgehead atoms. The van der Waals surface area contributed by atoms with Crippen LogP contribution >= 0.6 is 0 Å². The van der Waals surface area contributed by atoms with Gasteiger partial charge in [0.2, 0.25) is 0 Å². The van der Waals surface area contributed by atoms with Gasteiger partial charge < -0.3 is 15.0 Å². The number of aromatic nitrogens is 1. The van der Waals surface area contributed by atoms with Crippen molar-refractivity contribution in [1.29, 1.82) is 0 Å². The maximum atomic E-state index is 12.1. The highest BCUT2D eigenvalue weighted by molar-refractivity contribution is 5.97. The van der Waals surface area contributed by atoms with Gasteiger partial charge in [-0.3, -0.25) is 9.59 Å². The van der Waals surface area contributed by atoms with Crippen molar-refractivity contribution >= 4 is 11.9 Å². The lowest BCUT2D eigenvalue weighted by molar-refractivity contribution is -0.147. The largest absolute Gasteiger partial charge is 0.467 e.